The maximum atomic E-state index is 11.1. The first-order chi connectivity index (χ1) is 6.47. The summed E-state index contributed by atoms with van der Waals surface area (Å²) in [5.41, 5.74) is -0.930. The molecule has 14 heavy (non-hydrogen) atoms. The third kappa shape index (κ3) is 3.53. The lowest BCUT2D eigenvalue weighted by Gasteiger charge is -2.31. The molecule has 1 fully saturated rings. The summed E-state index contributed by atoms with van der Waals surface area (Å²) in [5.74, 6) is 0.0413. The summed E-state index contributed by atoms with van der Waals surface area (Å²) >= 11 is 0. The Kier molecular flexibility index (Phi) is 3.88. The summed E-state index contributed by atoms with van der Waals surface area (Å²) in [6.07, 6.45) is 0.971. The van der Waals surface area contributed by atoms with Crippen molar-refractivity contribution in [1.29, 1.82) is 0 Å². The Labute approximate surface area is 84.5 Å². The van der Waals surface area contributed by atoms with Crippen LogP contribution in [0.2, 0.25) is 0 Å². The number of nitrogens with one attached hydrogen (secondary N) is 1. The summed E-state index contributed by atoms with van der Waals surface area (Å²) < 4.78 is 29.7. The van der Waals surface area contributed by atoms with Crippen LogP contribution >= 0.6 is 0 Å². The summed E-state index contributed by atoms with van der Waals surface area (Å²) in [4.78, 5) is 0. The van der Waals surface area contributed by atoms with Crippen molar-refractivity contribution in [2.75, 3.05) is 25.5 Å². The second kappa shape index (κ2) is 4.57. The molecule has 0 bridgehead atoms. The highest BCUT2D eigenvalue weighted by atomic mass is 32.2. The first kappa shape index (κ1) is 11.9. The van der Waals surface area contributed by atoms with Crippen LogP contribution in [0.1, 0.15) is 19.8 Å². The van der Waals surface area contributed by atoms with Crippen LogP contribution in [-0.4, -0.2) is 44.6 Å². The zero-order chi connectivity index (χ0) is 10.7. The van der Waals surface area contributed by atoms with Gasteiger partial charge in [0.05, 0.1) is 11.4 Å². The number of ether oxygens (including phenoxy) is 1. The molecule has 0 spiro atoms. The number of aliphatic hydroxyl groups is 1. The first-order valence-corrected chi connectivity index (χ1v) is 6.40. The van der Waals surface area contributed by atoms with Crippen molar-refractivity contribution in [2.24, 2.45) is 0 Å². The molecule has 0 amide bonds. The quantitative estimate of drug-likeness (QED) is 0.671. The van der Waals surface area contributed by atoms with Crippen LogP contribution < -0.4 is 4.72 Å². The summed E-state index contributed by atoms with van der Waals surface area (Å²) in [6.45, 7) is 2.64. The largest absolute Gasteiger partial charge is 0.388 e. The summed E-state index contributed by atoms with van der Waals surface area (Å²) in [6, 6.07) is 0. The van der Waals surface area contributed by atoms with Gasteiger partial charge in [-0.25, -0.2) is 13.1 Å². The molecule has 1 rings (SSSR count). The predicted molar refractivity (Wildman–Crippen MR) is 52.5 cm³/mol. The molecule has 0 radical (unpaired) electrons. The average molecular weight is 223 g/mol. The van der Waals surface area contributed by atoms with Gasteiger partial charge in [0.2, 0.25) is 10.0 Å². The van der Waals surface area contributed by atoms with Gasteiger partial charge in [0.25, 0.3) is 0 Å². The van der Waals surface area contributed by atoms with E-state index in [0.29, 0.717) is 26.1 Å². The predicted octanol–water partition coefficient (Wildman–Crippen LogP) is -0.533. The minimum absolute atomic E-state index is 0.0413. The molecule has 1 aliphatic heterocycles. The minimum atomic E-state index is -3.21. The molecule has 0 aromatic rings. The fourth-order valence-corrected chi connectivity index (χ4v) is 1.97. The Morgan fingerprint density at radius 1 is 1.43 bits per heavy atom. The minimum Gasteiger partial charge on any atom is -0.388 e. The van der Waals surface area contributed by atoms with Crippen molar-refractivity contribution in [2.45, 2.75) is 25.4 Å². The maximum absolute atomic E-state index is 11.1. The van der Waals surface area contributed by atoms with E-state index in [1.165, 1.54) is 0 Å². The molecule has 1 aliphatic rings. The summed E-state index contributed by atoms with van der Waals surface area (Å²) in [5, 5.41) is 9.92. The van der Waals surface area contributed by atoms with E-state index in [1.54, 1.807) is 6.92 Å². The van der Waals surface area contributed by atoms with E-state index in [2.05, 4.69) is 4.72 Å². The van der Waals surface area contributed by atoms with Crippen LogP contribution in [0.15, 0.2) is 0 Å². The highest BCUT2D eigenvalue weighted by Gasteiger charge is 2.30. The van der Waals surface area contributed by atoms with E-state index in [9.17, 15) is 13.5 Å². The van der Waals surface area contributed by atoms with Gasteiger partial charge in [-0.05, 0) is 6.92 Å². The monoisotopic (exact) mass is 223 g/mol. The molecule has 0 aromatic carbocycles. The zero-order valence-electron chi connectivity index (χ0n) is 8.32. The Balaban J connectivity index is 2.43. The van der Waals surface area contributed by atoms with Crippen molar-refractivity contribution in [3.8, 4) is 0 Å². The standard InChI is InChI=1S/C8H17NO4S/c1-2-14(11,12)9-7-8(10)3-5-13-6-4-8/h9-10H,2-7H2,1H3. The van der Waals surface area contributed by atoms with Crippen molar-refractivity contribution in [3.63, 3.8) is 0 Å². The fourth-order valence-electron chi connectivity index (χ4n) is 1.27. The SMILES string of the molecule is CCS(=O)(=O)NCC1(O)CCOCC1. The van der Waals surface area contributed by atoms with Crippen molar-refractivity contribution in [3.05, 3.63) is 0 Å². The third-order valence-electron chi connectivity index (χ3n) is 2.42. The van der Waals surface area contributed by atoms with E-state index in [4.69, 9.17) is 4.74 Å². The smallest absolute Gasteiger partial charge is 0.211 e. The van der Waals surface area contributed by atoms with Gasteiger partial charge < -0.3 is 9.84 Å². The molecule has 84 valence electrons. The molecule has 1 heterocycles. The topological polar surface area (TPSA) is 75.6 Å². The van der Waals surface area contributed by atoms with Crippen molar-refractivity contribution < 1.29 is 18.3 Å². The molecule has 5 nitrogen and oxygen atoms in total. The molecule has 1 saturated heterocycles. The van der Waals surface area contributed by atoms with Crippen LogP contribution in [0, 0.1) is 0 Å². The van der Waals surface area contributed by atoms with Crippen LogP contribution in [0.5, 0.6) is 0 Å². The number of sulfonamides is 1. The van der Waals surface area contributed by atoms with Gasteiger partial charge in [0, 0.05) is 32.6 Å². The van der Waals surface area contributed by atoms with E-state index >= 15 is 0 Å². The van der Waals surface area contributed by atoms with Gasteiger partial charge in [0.1, 0.15) is 0 Å². The van der Waals surface area contributed by atoms with Gasteiger partial charge in [-0.3, -0.25) is 0 Å². The summed E-state index contributed by atoms with van der Waals surface area (Å²) in [7, 11) is -3.21. The molecule has 0 aliphatic carbocycles. The van der Waals surface area contributed by atoms with Crippen LogP contribution in [0.3, 0.4) is 0 Å². The van der Waals surface area contributed by atoms with Gasteiger partial charge in [-0.15, -0.1) is 0 Å². The van der Waals surface area contributed by atoms with Crippen LogP contribution in [0.4, 0.5) is 0 Å². The van der Waals surface area contributed by atoms with Gasteiger partial charge in [-0.1, -0.05) is 0 Å². The fraction of sp³-hybridized carbons (Fsp3) is 1.00. The van der Waals surface area contributed by atoms with Gasteiger partial charge in [-0.2, -0.15) is 0 Å². The molecular weight excluding hydrogens is 206 g/mol. The lowest BCUT2D eigenvalue weighted by atomic mass is 9.95. The Hall–Kier alpha value is -0.170. The Bertz CT molecular complexity index is 269. The molecule has 2 N–H and O–H groups in total. The lowest BCUT2D eigenvalue weighted by molar-refractivity contribution is -0.0588. The Morgan fingerprint density at radius 2 is 2.00 bits per heavy atom. The van der Waals surface area contributed by atoms with E-state index < -0.39 is 15.6 Å². The highest BCUT2D eigenvalue weighted by Crippen LogP contribution is 2.19. The van der Waals surface area contributed by atoms with E-state index in [1.807, 2.05) is 0 Å². The Morgan fingerprint density at radius 3 is 2.50 bits per heavy atom. The second-order valence-corrected chi connectivity index (χ2v) is 5.66. The number of hydrogen-bond donors (Lipinski definition) is 2. The van der Waals surface area contributed by atoms with Crippen LogP contribution in [0.25, 0.3) is 0 Å². The molecular formula is C8H17NO4S. The first-order valence-electron chi connectivity index (χ1n) is 4.75. The maximum Gasteiger partial charge on any atom is 0.211 e. The van der Waals surface area contributed by atoms with Crippen molar-refractivity contribution in [1.82, 2.24) is 4.72 Å². The molecule has 0 atom stereocenters. The zero-order valence-corrected chi connectivity index (χ0v) is 9.14. The molecule has 0 unspecified atom stereocenters. The third-order valence-corrected chi connectivity index (χ3v) is 3.77. The van der Waals surface area contributed by atoms with Gasteiger partial charge in [0.15, 0.2) is 0 Å². The van der Waals surface area contributed by atoms with Crippen molar-refractivity contribution >= 4 is 10.0 Å². The average Bonchev–Trinajstić information content (AvgIpc) is 2.17. The molecule has 6 heteroatoms. The lowest BCUT2D eigenvalue weighted by Crippen LogP contribution is -2.46. The highest BCUT2D eigenvalue weighted by molar-refractivity contribution is 7.89. The second-order valence-electron chi connectivity index (χ2n) is 3.56. The molecule has 0 aromatic heterocycles. The van der Waals surface area contributed by atoms with Crippen LogP contribution in [-0.2, 0) is 14.8 Å². The normalized spacial score (nSPS) is 22.1. The molecule has 0 saturated carbocycles. The van der Waals surface area contributed by atoms with E-state index in [0.717, 1.165) is 0 Å². The van der Waals surface area contributed by atoms with E-state index in [-0.39, 0.29) is 12.3 Å². The number of rotatable bonds is 4. The number of hydrogen-bond acceptors (Lipinski definition) is 4. The van der Waals surface area contributed by atoms with Gasteiger partial charge >= 0.3 is 0 Å².